The number of rotatable bonds is 1. The van der Waals surface area contributed by atoms with Crippen molar-refractivity contribution in [1.82, 2.24) is 0 Å². The van der Waals surface area contributed by atoms with Crippen molar-refractivity contribution in [1.29, 1.82) is 0 Å². The Balaban J connectivity index is 2.19. The summed E-state index contributed by atoms with van der Waals surface area (Å²) in [6.45, 7) is 4.29. The Bertz CT molecular complexity index is 750. The highest BCUT2D eigenvalue weighted by Crippen LogP contribution is 2.42. The zero-order chi connectivity index (χ0) is 15.2. The monoisotopic (exact) mass is 319 g/mol. The van der Waals surface area contributed by atoms with Gasteiger partial charge in [0.15, 0.2) is 0 Å². The zero-order valence-corrected chi connectivity index (χ0v) is 13.3. The van der Waals surface area contributed by atoms with Crippen molar-refractivity contribution in [3.8, 4) is 11.1 Å². The maximum atomic E-state index is 9.16. The molecule has 1 N–H and O–H groups in total. The van der Waals surface area contributed by atoms with Gasteiger partial charge >= 0.3 is 0 Å². The second-order valence-corrected chi connectivity index (χ2v) is 6.75. The SMILES string of the molecule is CC1(C)CC(=NO)c2ccc(-c3cccc(Cl)c3Cl)cc21. The molecule has 0 fully saturated rings. The Morgan fingerprint density at radius 2 is 1.86 bits per heavy atom. The quantitative estimate of drug-likeness (QED) is 0.544. The molecule has 2 aromatic carbocycles. The van der Waals surface area contributed by atoms with Gasteiger partial charge in [-0.15, -0.1) is 0 Å². The molecular weight excluding hydrogens is 305 g/mol. The van der Waals surface area contributed by atoms with Crippen LogP contribution in [0.4, 0.5) is 0 Å². The van der Waals surface area contributed by atoms with E-state index in [1.807, 2.05) is 24.3 Å². The second kappa shape index (κ2) is 5.04. The van der Waals surface area contributed by atoms with Gasteiger partial charge in [-0.1, -0.05) is 66.5 Å². The Hall–Kier alpha value is -1.51. The number of fused-ring (bicyclic) bond motifs is 1. The van der Waals surface area contributed by atoms with Crippen LogP contribution in [-0.4, -0.2) is 10.9 Å². The van der Waals surface area contributed by atoms with Crippen molar-refractivity contribution in [2.24, 2.45) is 5.16 Å². The molecule has 0 heterocycles. The third kappa shape index (κ3) is 2.33. The minimum Gasteiger partial charge on any atom is -0.411 e. The minimum absolute atomic E-state index is 0.0576. The number of nitrogens with zero attached hydrogens (tertiary/aromatic N) is 1. The van der Waals surface area contributed by atoms with E-state index in [2.05, 4.69) is 25.1 Å². The van der Waals surface area contributed by atoms with E-state index in [4.69, 9.17) is 28.4 Å². The summed E-state index contributed by atoms with van der Waals surface area (Å²) < 4.78 is 0. The molecule has 1 aliphatic rings. The summed E-state index contributed by atoms with van der Waals surface area (Å²) in [6.07, 6.45) is 0.728. The maximum absolute atomic E-state index is 9.16. The van der Waals surface area contributed by atoms with Crippen LogP contribution in [0.15, 0.2) is 41.6 Å². The smallest absolute Gasteiger partial charge is 0.0879 e. The van der Waals surface area contributed by atoms with Crippen LogP contribution in [0.2, 0.25) is 10.0 Å². The molecule has 0 aliphatic heterocycles. The summed E-state index contributed by atoms with van der Waals surface area (Å²) in [4.78, 5) is 0. The lowest BCUT2D eigenvalue weighted by molar-refractivity contribution is 0.317. The maximum Gasteiger partial charge on any atom is 0.0879 e. The van der Waals surface area contributed by atoms with Gasteiger partial charge in [-0.25, -0.2) is 0 Å². The molecule has 0 aromatic heterocycles. The number of oxime groups is 1. The average molecular weight is 320 g/mol. The van der Waals surface area contributed by atoms with Crippen LogP contribution >= 0.6 is 23.2 Å². The summed E-state index contributed by atoms with van der Waals surface area (Å²) in [5.74, 6) is 0. The van der Waals surface area contributed by atoms with E-state index in [9.17, 15) is 0 Å². The van der Waals surface area contributed by atoms with Gasteiger partial charge in [0, 0.05) is 17.5 Å². The third-order valence-electron chi connectivity index (χ3n) is 4.05. The van der Waals surface area contributed by atoms with E-state index < -0.39 is 0 Å². The van der Waals surface area contributed by atoms with Crippen molar-refractivity contribution in [2.45, 2.75) is 25.7 Å². The van der Waals surface area contributed by atoms with Gasteiger partial charge < -0.3 is 5.21 Å². The van der Waals surface area contributed by atoms with Crippen LogP contribution in [0.25, 0.3) is 11.1 Å². The largest absolute Gasteiger partial charge is 0.411 e. The molecule has 4 heteroatoms. The molecule has 3 rings (SSSR count). The van der Waals surface area contributed by atoms with Gasteiger partial charge in [0.2, 0.25) is 0 Å². The Morgan fingerprint density at radius 3 is 2.57 bits per heavy atom. The van der Waals surface area contributed by atoms with Crippen molar-refractivity contribution in [3.63, 3.8) is 0 Å². The van der Waals surface area contributed by atoms with Crippen LogP contribution < -0.4 is 0 Å². The fourth-order valence-electron chi connectivity index (χ4n) is 2.95. The van der Waals surface area contributed by atoms with Gasteiger partial charge in [0.05, 0.1) is 15.8 Å². The molecule has 2 aromatic rings. The molecule has 1 aliphatic carbocycles. The zero-order valence-electron chi connectivity index (χ0n) is 11.8. The number of halogens is 2. The fourth-order valence-corrected chi connectivity index (χ4v) is 3.36. The molecule has 2 nitrogen and oxygen atoms in total. The Kier molecular flexibility index (Phi) is 3.46. The highest BCUT2D eigenvalue weighted by Gasteiger charge is 2.35. The minimum atomic E-state index is -0.0576. The normalized spacial score (nSPS) is 18.0. The van der Waals surface area contributed by atoms with Crippen molar-refractivity contribution < 1.29 is 5.21 Å². The summed E-state index contributed by atoms with van der Waals surface area (Å²) in [5.41, 5.74) is 4.79. The molecular formula is C17H15Cl2NO. The lowest BCUT2D eigenvalue weighted by atomic mass is 9.85. The molecule has 0 spiro atoms. The summed E-state index contributed by atoms with van der Waals surface area (Å²) in [6, 6.07) is 11.7. The van der Waals surface area contributed by atoms with E-state index in [0.717, 1.165) is 28.8 Å². The van der Waals surface area contributed by atoms with Crippen LogP contribution in [0.1, 0.15) is 31.4 Å². The third-order valence-corrected chi connectivity index (χ3v) is 4.87. The molecule has 0 bridgehead atoms. The van der Waals surface area contributed by atoms with Gasteiger partial charge in [0.1, 0.15) is 0 Å². The number of hydrogen-bond donors (Lipinski definition) is 1. The van der Waals surface area contributed by atoms with Gasteiger partial charge in [-0.3, -0.25) is 0 Å². The molecule has 0 radical (unpaired) electrons. The van der Waals surface area contributed by atoms with E-state index in [1.165, 1.54) is 5.56 Å². The Labute approximate surface area is 134 Å². The summed E-state index contributed by atoms with van der Waals surface area (Å²) in [5, 5.41) is 13.7. The molecule has 0 saturated carbocycles. The van der Waals surface area contributed by atoms with Crippen molar-refractivity contribution in [2.75, 3.05) is 0 Å². The standard InChI is InChI=1S/C17H15Cl2NO/c1-17(2)9-15(20-21)12-7-6-10(8-13(12)17)11-4-3-5-14(18)16(11)19/h3-8,21H,9H2,1-2H3. The van der Waals surface area contributed by atoms with E-state index in [-0.39, 0.29) is 5.41 Å². The molecule has 0 unspecified atom stereocenters. The first-order valence-corrected chi connectivity index (χ1v) is 7.50. The van der Waals surface area contributed by atoms with Crippen LogP contribution in [0.5, 0.6) is 0 Å². The number of benzene rings is 2. The molecule has 21 heavy (non-hydrogen) atoms. The number of hydrogen-bond acceptors (Lipinski definition) is 2. The van der Waals surface area contributed by atoms with Gasteiger partial charge in [-0.2, -0.15) is 0 Å². The van der Waals surface area contributed by atoms with Gasteiger partial charge in [0.25, 0.3) is 0 Å². The predicted octanol–water partition coefficient (Wildman–Crippen LogP) is 5.52. The molecule has 0 saturated heterocycles. The first-order valence-electron chi connectivity index (χ1n) is 6.74. The van der Waals surface area contributed by atoms with Crippen LogP contribution in [-0.2, 0) is 5.41 Å². The highest BCUT2D eigenvalue weighted by molar-refractivity contribution is 6.43. The summed E-state index contributed by atoms with van der Waals surface area (Å²) in [7, 11) is 0. The van der Waals surface area contributed by atoms with E-state index in [1.54, 1.807) is 6.07 Å². The topological polar surface area (TPSA) is 32.6 Å². The highest BCUT2D eigenvalue weighted by atomic mass is 35.5. The van der Waals surface area contributed by atoms with E-state index >= 15 is 0 Å². The first-order chi connectivity index (χ1) is 9.94. The molecule has 0 atom stereocenters. The first kappa shape index (κ1) is 14.4. The van der Waals surface area contributed by atoms with Crippen LogP contribution in [0.3, 0.4) is 0 Å². The van der Waals surface area contributed by atoms with Crippen molar-refractivity contribution >= 4 is 28.9 Å². The molecule has 108 valence electrons. The van der Waals surface area contributed by atoms with Gasteiger partial charge in [-0.05, 0) is 28.7 Å². The lowest BCUT2D eigenvalue weighted by Crippen LogP contribution is -2.12. The molecule has 0 amide bonds. The predicted molar refractivity (Wildman–Crippen MR) is 87.9 cm³/mol. The van der Waals surface area contributed by atoms with Crippen molar-refractivity contribution in [3.05, 3.63) is 57.6 Å². The Morgan fingerprint density at radius 1 is 1.10 bits per heavy atom. The summed E-state index contributed by atoms with van der Waals surface area (Å²) >= 11 is 12.4. The van der Waals surface area contributed by atoms with E-state index in [0.29, 0.717) is 10.0 Å². The second-order valence-electron chi connectivity index (χ2n) is 5.97. The lowest BCUT2D eigenvalue weighted by Gasteiger charge is -2.19. The average Bonchev–Trinajstić information content (AvgIpc) is 2.73. The fraction of sp³-hybridized carbons (Fsp3) is 0.235. The van der Waals surface area contributed by atoms with Crippen LogP contribution in [0, 0.1) is 0 Å².